The zero-order valence-corrected chi connectivity index (χ0v) is 18.4. The highest BCUT2D eigenvalue weighted by molar-refractivity contribution is 7.91. The van der Waals surface area contributed by atoms with E-state index in [-0.39, 0.29) is 33.4 Å². The lowest BCUT2D eigenvalue weighted by Gasteiger charge is -2.25. The molecule has 1 amide bonds. The smallest absolute Gasteiger partial charge is 0.262 e. The molecule has 2 heterocycles. The summed E-state index contributed by atoms with van der Waals surface area (Å²) < 4.78 is 51.7. The summed E-state index contributed by atoms with van der Waals surface area (Å²) in [6, 6.07) is 9.61. The van der Waals surface area contributed by atoms with E-state index in [0.29, 0.717) is 13.1 Å². The number of sulfone groups is 1. The molecule has 0 unspecified atom stereocenters. The van der Waals surface area contributed by atoms with Crippen molar-refractivity contribution in [2.45, 2.75) is 35.5 Å². The number of hydrogen-bond acceptors (Lipinski definition) is 6. The molecule has 0 spiro atoms. The Bertz CT molecular complexity index is 1040. The third kappa shape index (κ3) is 5.25. The summed E-state index contributed by atoms with van der Waals surface area (Å²) >= 11 is 1.07. The Morgan fingerprint density at radius 1 is 1.00 bits per heavy atom. The molecule has 1 N–H and O–H groups in total. The zero-order chi connectivity index (χ0) is 20.9. The lowest BCUT2D eigenvalue weighted by atomic mass is 10.2. The average Bonchev–Trinajstić information content (AvgIpc) is 3.23. The maximum absolute atomic E-state index is 12.9. The maximum atomic E-state index is 12.9. The predicted molar refractivity (Wildman–Crippen MR) is 112 cm³/mol. The van der Waals surface area contributed by atoms with Gasteiger partial charge in [0.2, 0.25) is 10.0 Å². The van der Waals surface area contributed by atoms with Crippen LogP contribution in [0.25, 0.3) is 0 Å². The predicted octanol–water partition coefficient (Wildman–Crippen LogP) is 2.52. The lowest BCUT2D eigenvalue weighted by Crippen LogP contribution is -2.36. The molecule has 1 fully saturated rings. The fourth-order valence-electron chi connectivity index (χ4n) is 3.20. The van der Waals surface area contributed by atoms with Crippen molar-refractivity contribution in [3.63, 3.8) is 0 Å². The molecular formula is C19H24N2O5S3. The highest BCUT2D eigenvalue weighted by Crippen LogP contribution is 2.27. The van der Waals surface area contributed by atoms with Crippen LogP contribution in [0, 0.1) is 0 Å². The van der Waals surface area contributed by atoms with E-state index in [1.54, 1.807) is 23.6 Å². The number of hydrogen-bond donors (Lipinski definition) is 1. The summed E-state index contributed by atoms with van der Waals surface area (Å²) in [6.45, 7) is 1.08. The summed E-state index contributed by atoms with van der Waals surface area (Å²) in [5.41, 5.74) is 0. The minimum absolute atomic E-state index is 0.0267. The number of piperidine rings is 1. The minimum Gasteiger partial charge on any atom is -0.351 e. The molecule has 1 saturated heterocycles. The van der Waals surface area contributed by atoms with Crippen molar-refractivity contribution >= 4 is 37.1 Å². The Balaban J connectivity index is 1.59. The molecule has 0 atom stereocenters. The van der Waals surface area contributed by atoms with Gasteiger partial charge in [-0.05, 0) is 42.8 Å². The van der Waals surface area contributed by atoms with Crippen molar-refractivity contribution in [2.24, 2.45) is 0 Å². The van der Waals surface area contributed by atoms with Gasteiger partial charge in [-0.3, -0.25) is 4.79 Å². The molecular weight excluding hydrogens is 432 g/mol. The van der Waals surface area contributed by atoms with Gasteiger partial charge >= 0.3 is 0 Å². The molecule has 3 rings (SSSR count). The quantitative estimate of drug-likeness (QED) is 0.615. The van der Waals surface area contributed by atoms with Crippen LogP contribution in [0.2, 0.25) is 0 Å². The van der Waals surface area contributed by atoms with E-state index in [4.69, 9.17) is 0 Å². The number of thiophene rings is 1. The van der Waals surface area contributed by atoms with Crippen LogP contribution in [0.3, 0.4) is 0 Å². The van der Waals surface area contributed by atoms with Crippen LogP contribution in [-0.2, 0) is 19.9 Å². The SMILES string of the molecule is O=C(NCCCS(=O)(=O)c1ccccc1)c1sccc1S(=O)(=O)N1CCCCC1. The molecule has 0 saturated carbocycles. The fraction of sp³-hybridized carbons (Fsp3) is 0.421. The lowest BCUT2D eigenvalue weighted by molar-refractivity contribution is 0.0954. The van der Waals surface area contributed by atoms with Crippen molar-refractivity contribution in [3.05, 3.63) is 46.7 Å². The maximum Gasteiger partial charge on any atom is 0.262 e. The van der Waals surface area contributed by atoms with E-state index in [9.17, 15) is 21.6 Å². The van der Waals surface area contributed by atoms with Gasteiger partial charge in [0.05, 0.1) is 10.6 Å². The molecule has 29 heavy (non-hydrogen) atoms. The average molecular weight is 457 g/mol. The molecule has 0 bridgehead atoms. The van der Waals surface area contributed by atoms with Crippen LogP contribution in [0.4, 0.5) is 0 Å². The number of nitrogens with one attached hydrogen (secondary N) is 1. The second-order valence-electron chi connectivity index (χ2n) is 6.82. The van der Waals surface area contributed by atoms with Gasteiger partial charge in [0, 0.05) is 19.6 Å². The van der Waals surface area contributed by atoms with Crippen molar-refractivity contribution in [1.29, 1.82) is 0 Å². The molecule has 10 heteroatoms. The molecule has 0 aliphatic carbocycles. The second kappa shape index (κ2) is 9.38. The number of carbonyl (C=O) groups excluding carboxylic acids is 1. The van der Waals surface area contributed by atoms with Gasteiger partial charge in [0.25, 0.3) is 5.91 Å². The monoisotopic (exact) mass is 456 g/mol. The first-order valence-electron chi connectivity index (χ1n) is 9.46. The summed E-state index contributed by atoms with van der Waals surface area (Å²) in [4.78, 5) is 12.9. The first-order valence-corrected chi connectivity index (χ1v) is 13.4. The van der Waals surface area contributed by atoms with Gasteiger partial charge in [-0.1, -0.05) is 24.6 Å². The Labute approximate surface area is 175 Å². The topological polar surface area (TPSA) is 101 Å². The summed E-state index contributed by atoms with van der Waals surface area (Å²) in [5.74, 6) is -0.589. The Morgan fingerprint density at radius 3 is 2.38 bits per heavy atom. The van der Waals surface area contributed by atoms with E-state index in [0.717, 1.165) is 30.6 Å². The van der Waals surface area contributed by atoms with Crippen LogP contribution in [0.1, 0.15) is 35.4 Å². The number of rotatable bonds is 8. The van der Waals surface area contributed by atoms with Gasteiger partial charge in [-0.15, -0.1) is 11.3 Å². The van der Waals surface area contributed by atoms with Gasteiger partial charge in [0.1, 0.15) is 9.77 Å². The third-order valence-corrected chi connectivity index (χ3v) is 9.55. The molecule has 1 aromatic heterocycles. The molecule has 1 aromatic carbocycles. The van der Waals surface area contributed by atoms with E-state index >= 15 is 0 Å². The molecule has 0 radical (unpaired) electrons. The largest absolute Gasteiger partial charge is 0.351 e. The van der Waals surface area contributed by atoms with Crippen LogP contribution in [0.15, 0.2) is 51.6 Å². The molecule has 7 nitrogen and oxygen atoms in total. The van der Waals surface area contributed by atoms with Gasteiger partial charge in [-0.2, -0.15) is 4.31 Å². The van der Waals surface area contributed by atoms with Crippen LogP contribution >= 0.6 is 11.3 Å². The number of nitrogens with zero attached hydrogens (tertiary/aromatic N) is 1. The molecule has 2 aromatic rings. The number of sulfonamides is 1. The van der Waals surface area contributed by atoms with Gasteiger partial charge in [0.15, 0.2) is 9.84 Å². The van der Waals surface area contributed by atoms with Crippen molar-refractivity contribution in [2.75, 3.05) is 25.4 Å². The van der Waals surface area contributed by atoms with Crippen molar-refractivity contribution in [3.8, 4) is 0 Å². The zero-order valence-electron chi connectivity index (χ0n) is 15.9. The van der Waals surface area contributed by atoms with E-state index < -0.39 is 25.8 Å². The number of benzene rings is 1. The van der Waals surface area contributed by atoms with Gasteiger partial charge in [-0.25, -0.2) is 16.8 Å². The van der Waals surface area contributed by atoms with Crippen molar-refractivity contribution < 1.29 is 21.6 Å². The molecule has 1 aliphatic rings. The van der Waals surface area contributed by atoms with Crippen LogP contribution < -0.4 is 5.32 Å². The fourth-order valence-corrected chi connectivity index (χ4v) is 7.37. The number of carbonyl (C=O) groups is 1. The minimum atomic E-state index is -3.70. The van der Waals surface area contributed by atoms with E-state index in [2.05, 4.69) is 5.32 Å². The van der Waals surface area contributed by atoms with E-state index in [1.807, 2.05) is 0 Å². The van der Waals surface area contributed by atoms with Gasteiger partial charge < -0.3 is 5.32 Å². The second-order valence-corrected chi connectivity index (χ2v) is 11.8. The van der Waals surface area contributed by atoms with Crippen LogP contribution in [0.5, 0.6) is 0 Å². The van der Waals surface area contributed by atoms with Crippen molar-refractivity contribution in [1.82, 2.24) is 9.62 Å². The Hall–Kier alpha value is -1.75. The summed E-state index contributed by atoms with van der Waals surface area (Å²) in [6.07, 6.45) is 2.89. The highest BCUT2D eigenvalue weighted by Gasteiger charge is 2.30. The normalized spacial score (nSPS) is 15.9. The standard InChI is InChI=1S/C19H24N2O5S3/c22-19(20-11-7-15-28(23,24)16-8-3-1-4-9-16)18-17(10-14-27-18)29(25,26)21-12-5-2-6-13-21/h1,3-4,8-10,14H,2,5-7,11-13,15H2,(H,20,22). The van der Waals surface area contributed by atoms with E-state index in [1.165, 1.54) is 22.5 Å². The first kappa shape index (κ1) is 21.9. The highest BCUT2D eigenvalue weighted by atomic mass is 32.2. The van der Waals surface area contributed by atoms with Crippen LogP contribution in [-0.4, -0.2) is 52.4 Å². The Kier molecular flexibility index (Phi) is 7.10. The third-order valence-electron chi connectivity index (χ3n) is 4.75. The number of amides is 1. The first-order chi connectivity index (χ1) is 13.8. The Morgan fingerprint density at radius 2 is 1.69 bits per heavy atom. The summed E-state index contributed by atoms with van der Waals surface area (Å²) in [5, 5.41) is 4.24. The molecule has 158 valence electrons. The summed E-state index contributed by atoms with van der Waals surface area (Å²) in [7, 11) is -7.11. The molecule has 1 aliphatic heterocycles.